The van der Waals surface area contributed by atoms with Crippen molar-refractivity contribution in [2.24, 2.45) is 5.92 Å². The summed E-state index contributed by atoms with van der Waals surface area (Å²) in [5, 5.41) is 2.03. The highest BCUT2D eigenvalue weighted by Gasteiger charge is 2.28. The molecule has 0 saturated carbocycles. The fraction of sp³-hybridized carbons (Fsp3) is 0.706. The molecule has 5 heteroatoms. The first-order valence-corrected chi connectivity index (χ1v) is 8.94. The molecule has 0 amide bonds. The smallest absolute Gasteiger partial charge is 0.314 e. The van der Waals surface area contributed by atoms with E-state index in [2.05, 4.69) is 32.6 Å². The van der Waals surface area contributed by atoms with Gasteiger partial charge < -0.3 is 9.64 Å². The molecule has 1 heterocycles. The maximum Gasteiger partial charge on any atom is 0.314 e. The number of esters is 1. The summed E-state index contributed by atoms with van der Waals surface area (Å²) in [6.45, 7) is 12.2. The second-order valence-corrected chi connectivity index (χ2v) is 6.41. The molecule has 1 aromatic heterocycles. The largest absolute Gasteiger partial charge is 0.465 e. The molecule has 2 unspecified atom stereocenters. The number of carbonyl (C=O) groups is 1. The van der Waals surface area contributed by atoms with Gasteiger partial charge in [-0.3, -0.25) is 4.79 Å². The summed E-state index contributed by atoms with van der Waals surface area (Å²) in [6.07, 6.45) is 1.89. The van der Waals surface area contributed by atoms with Crippen LogP contribution in [0.4, 0.5) is 0 Å². The summed E-state index contributed by atoms with van der Waals surface area (Å²) in [7, 11) is 0. The van der Waals surface area contributed by atoms with Crippen molar-refractivity contribution in [3.63, 3.8) is 0 Å². The molecule has 0 aromatic carbocycles. The normalized spacial score (nSPS) is 13.5. The van der Waals surface area contributed by atoms with Crippen LogP contribution in [0.5, 0.6) is 0 Å². The van der Waals surface area contributed by atoms with Gasteiger partial charge in [0.25, 0.3) is 0 Å². The lowest BCUT2D eigenvalue weighted by Gasteiger charge is -2.21. The summed E-state index contributed by atoms with van der Waals surface area (Å²) >= 11 is 1.65. The molecule has 128 valence electrons. The zero-order chi connectivity index (χ0) is 15.7. The number of rotatable bonds is 10. The highest BCUT2D eigenvalue weighted by atomic mass is 35.5. The van der Waals surface area contributed by atoms with E-state index in [1.165, 1.54) is 0 Å². The molecule has 0 aliphatic rings. The third-order valence-electron chi connectivity index (χ3n) is 4.07. The average molecular weight is 348 g/mol. The topological polar surface area (TPSA) is 29.5 Å². The van der Waals surface area contributed by atoms with Gasteiger partial charge in [0, 0.05) is 11.4 Å². The lowest BCUT2D eigenvalue weighted by molar-refractivity contribution is -0.146. The van der Waals surface area contributed by atoms with Crippen molar-refractivity contribution in [1.82, 2.24) is 4.90 Å². The lowest BCUT2D eigenvalue weighted by Crippen LogP contribution is -2.26. The maximum atomic E-state index is 12.4. The maximum absolute atomic E-state index is 12.4. The standard InChI is InChI=1S/C17H29NO2S.ClH/c1-5-14(4)16(15-10-8-13-21-15)17(19)20-12-9-11-18(6-2)7-3;/h8,10,13-14,16H,5-7,9,11-12H2,1-4H3;1H. The molecule has 22 heavy (non-hydrogen) atoms. The molecule has 0 radical (unpaired) electrons. The van der Waals surface area contributed by atoms with Crippen LogP contribution < -0.4 is 0 Å². The zero-order valence-corrected chi connectivity index (χ0v) is 15.8. The Kier molecular flexibility index (Phi) is 11.6. The number of nitrogens with zero attached hydrogens (tertiary/aromatic N) is 1. The van der Waals surface area contributed by atoms with Gasteiger partial charge in [-0.2, -0.15) is 0 Å². The molecular formula is C17H30ClNO2S. The highest BCUT2D eigenvalue weighted by molar-refractivity contribution is 7.10. The van der Waals surface area contributed by atoms with Crippen LogP contribution in [-0.2, 0) is 9.53 Å². The second kappa shape index (κ2) is 11.9. The Morgan fingerprint density at radius 1 is 1.32 bits per heavy atom. The Bertz CT molecular complexity index is 393. The third kappa shape index (κ3) is 6.67. The van der Waals surface area contributed by atoms with Crippen molar-refractivity contribution in [2.75, 3.05) is 26.2 Å². The van der Waals surface area contributed by atoms with Crippen molar-refractivity contribution >= 4 is 29.7 Å². The van der Waals surface area contributed by atoms with Gasteiger partial charge >= 0.3 is 5.97 Å². The first kappa shape index (κ1) is 21.4. The van der Waals surface area contributed by atoms with Crippen LogP contribution in [0.2, 0.25) is 0 Å². The fourth-order valence-corrected chi connectivity index (χ4v) is 3.37. The van der Waals surface area contributed by atoms with E-state index in [4.69, 9.17) is 4.74 Å². The first-order valence-electron chi connectivity index (χ1n) is 8.06. The number of hydrogen-bond donors (Lipinski definition) is 0. The summed E-state index contributed by atoms with van der Waals surface area (Å²) in [4.78, 5) is 15.9. The highest BCUT2D eigenvalue weighted by Crippen LogP contribution is 2.31. The van der Waals surface area contributed by atoms with E-state index in [9.17, 15) is 4.79 Å². The van der Waals surface area contributed by atoms with Crippen molar-refractivity contribution < 1.29 is 9.53 Å². The van der Waals surface area contributed by atoms with E-state index in [1.807, 2.05) is 17.5 Å². The molecule has 2 atom stereocenters. The van der Waals surface area contributed by atoms with Gasteiger partial charge in [-0.25, -0.2) is 0 Å². The molecule has 3 nitrogen and oxygen atoms in total. The molecular weight excluding hydrogens is 318 g/mol. The monoisotopic (exact) mass is 347 g/mol. The number of ether oxygens (including phenoxy) is 1. The molecule has 0 fully saturated rings. The summed E-state index contributed by atoms with van der Waals surface area (Å²) in [5.41, 5.74) is 0. The van der Waals surface area contributed by atoms with Crippen LogP contribution in [0.15, 0.2) is 17.5 Å². The quantitative estimate of drug-likeness (QED) is 0.458. The van der Waals surface area contributed by atoms with Crippen LogP contribution in [0.1, 0.15) is 51.3 Å². The summed E-state index contributed by atoms with van der Waals surface area (Å²) < 4.78 is 5.53. The Morgan fingerprint density at radius 2 is 2.00 bits per heavy atom. The van der Waals surface area contributed by atoms with E-state index in [-0.39, 0.29) is 24.3 Å². The van der Waals surface area contributed by atoms with E-state index in [1.54, 1.807) is 11.3 Å². The van der Waals surface area contributed by atoms with Gasteiger partial charge in [-0.1, -0.05) is 40.2 Å². The SMILES string of the molecule is CCC(C)C(C(=O)OCCCN(CC)CC)c1cccs1.Cl. The average Bonchev–Trinajstić information content (AvgIpc) is 3.01. The van der Waals surface area contributed by atoms with Gasteiger partial charge in [0.05, 0.1) is 12.5 Å². The minimum Gasteiger partial charge on any atom is -0.465 e. The molecule has 0 N–H and O–H groups in total. The Balaban J connectivity index is 0.00000441. The van der Waals surface area contributed by atoms with Gasteiger partial charge in [-0.05, 0) is 36.9 Å². The molecule has 1 aromatic rings. The van der Waals surface area contributed by atoms with E-state index in [0.29, 0.717) is 12.5 Å². The van der Waals surface area contributed by atoms with Crippen LogP contribution >= 0.6 is 23.7 Å². The molecule has 0 bridgehead atoms. The second-order valence-electron chi connectivity index (χ2n) is 5.43. The van der Waals surface area contributed by atoms with Gasteiger partial charge in [0.1, 0.15) is 0 Å². The number of thiophene rings is 1. The predicted molar refractivity (Wildman–Crippen MR) is 97.1 cm³/mol. The van der Waals surface area contributed by atoms with Gasteiger partial charge in [-0.15, -0.1) is 23.7 Å². The number of carbonyl (C=O) groups excluding carboxylic acids is 1. The summed E-state index contributed by atoms with van der Waals surface area (Å²) in [5.74, 6) is 0.147. The van der Waals surface area contributed by atoms with Crippen LogP contribution in [-0.4, -0.2) is 37.1 Å². The zero-order valence-electron chi connectivity index (χ0n) is 14.2. The summed E-state index contributed by atoms with van der Waals surface area (Å²) in [6, 6.07) is 4.04. The van der Waals surface area contributed by atoms with Crippen LogP contribution in [0.25, 0.3) is 0 Å². The first-order chi connectivity index (χ1) is 10.1. The minimum atomic E-state index is -0.108. The fourth-order valence-electron chi connectivity index (χ4n) is 2.42. The van der Waals surface area contributed by atoms with Crippen molar-refractivity contribution in [1.29, 1.82) is 0 Å². The van der Waals surface area contributed by atoms with Crippen LogP contribution in [0.3, 0.4) is 0 Å². The van der Waals surface area contributed by atoms with Crippen molar-refractivity contribution in [3.05, 3.63) is 22.4 Å². The molecule has 0 aliphatic carbocycles. The third-order valence-corrected chi connectivity index (χ3v) is 5.03. The molecule has 0 spiro atoms. The van der Waals surface area contributed by atoms with Gasteiger partial charge in [0.15, 0.2) is 0 Å². The van der Waals surface area contributed by atoms with E-state index in [0.717, 1.165) is 37.4 Å². The van der Waals surface area contributed by atoms with Crippen LogP contribution in [0, 0.1) is 5.92 Å². The van der Waals surface area contributed by atoms with Crippen molar-refractivity contribution in [2.45, 2.75) is 46.5 Å². The van der Waals surface area contributed by atoms with Gasteiger partial charge in [0.2, 0.25) is 0 Å². The van der Waals surface area contributed by atoms with E-state index >= 15 is 0 Å². The Labute approximate surface area is 145 Å². The predicted octanol–water partition coefficient (Wildman–Crippen LogP) is 4.57. The number of hydrogen-bond acceptors (Lipinski definition) is 4. The van der Waals surface area contributed by atoms with E-state index < -0.39 is 0 Å². The Morgan fingerprint density at radius 3 is 2.50 bits per heavy atom. The molecule has 0 aliphatic heterocycles. The van der Waals surface area contributed by atoms with Crippen molar-refractivity contribution in [3.8, 4) is 0 Å². The number of halogens is 1. The molecule has 0 saturated heterocycles. The lowest BCUT2D eigenvalue weighted by atomic mass is 9.90. The Hall–Kier alpha value is -0.580. The molecule has 1 rings (SSSR count). The minimum absolute atomic E-state index is 0.